The van der Waals surface area contributed by atoms with E-state index in [-0.39, 0.29) is 6.10 Å². The normalized spacial score (nSPS) is 10.7. The van der Waals surface area contributed by atoms with E-state index in [1.165, 1.54) is 5.56 Å². The fourth-order valence-corrected chi connectivity index (χ4v) is 2.09. The molecule has 0 aliphatic rings. The van der Waals surface area contributed by atoms with Crippen molar-refractivity contribution in [3.8, 4) is 5.75 Å². The molecule has 0 saturated heterocycles. The number of nitrogen functional groups attached to an aromatic ring is 1. The number of likely N-dealkylation sites (N-methyl/N-ethyl adjacent to an activating group) is 1. The molecule has 0 atom stereocenters. The number of anilines is 2. The van der Waals surface area contributed by atoms with Crippen molar-refractivity contribution < 1.29 is 4.74 Å². The molecule has 1 aromatic heterocycles. The average Bonchev–Trinajstić information content (AvgIpc) is 2.47. The summed E-state index contributed by atoms with van der Waals surface area (Å²) in [5.41, 5.74) is 9.02. The highest BCUT2D eigenvalue weighted by molar-refractivity contribution is 5.62. The molecule has 1 aromatic carbocycles. The summed E-state index contributed by atoms with van der Waals surface area (Å²) < 4.78 is 5.74. The Morgan fingerprint density at radius 1 is 1.19 bits per heavy atom. The molecule has 0 radical (unpaired) electrons. The fraction of sp³-hybridized carbons (Fsp3) is 0.353. The summed E-state index contributed by atoms with van der Waals surface area (Å²) in [5, 5.41) is 0. The Morgan fingerprint density at radius 2 is 1.90 bits per heavy atom. The number of rotatable bonds is 6. The third-order valence-electron chi connectivity index (χ3n) is 3.29. The standard InChI is InChI=1S/C17H23N3O/c1-13(2)21-17-12-15(4-5-16(17)18)20(3)11-8-14-6-9-19-10-7-14/h4-7,9-10,12-13H,8,11,18H2,1-3H3. The van der Waals surface area contributed by atoms with Crippen LogP contribution in [0.4, 0.5) is 11.4 Å². The topological polar surface area (TPSA) is 51.4 Å². The minimum Gasteiger partial charge on any atom is -0.489 e. The summed E-state index contributed by atoms with van der Waals surface area (Å²) in [6.45, 7) is 4.92. The van der Waals surface area contributed by atoms with Gasteiger partial charge >= 0.3 is 0 Å². The van der Waals surface area contributed by atoms with Crippen molar-refractivity contribution in [2.75, 3.05) is 24.2 Å². The van der Waals surface area contributed by atoms with Gasteiger partial charge in [0.15, 0.2) is 0 Å². The molecule has 21 heavy (non-hydrogen) atoms. The van der Waals surface area contributed by atoms with E-state index in [1.807, 2.05) is 56.6 Å². The van der Waals surface area contributed by atoms with Gasteiger partial charge in [0.25, 0.3) is 0 Å². The Labute approximate surface area is 126 Å². The van der Waals surface area contributed by atoms with E-state index in [4.69, 9.17) is 10.5 Å². The molecule has 0 fully saturated rings. The average molecular weight is 285 g/mol. The molecule has 0 saturated carbocycles. The van der Waals surface area contributed by atoms with Crippen molar-refractivity contribution in [1.29, 1.82) is 0 Å². The van der Waals surface area contributed by atoms with E-state index in [1.54, 1.807) is 0 Å². The molecule has 112 valence electrons. The molecule has 0 spiro atoms. The molecule has 2 N–H and O–H groups in total. The minimum atomic E-state index is 0.115. The molecule has 0 aliphatic carbocycles. The van der Waals surface area contributed by atoms with Crippen LogP contribution in [0.15, 0.2) is 42.7 Å². The van der Waals surface area contributed by atoms with Crippen molar-refractivity contribution in [1.82, 2.24) is 4.98 Å². The molecule has 0 bridgehead atoms. The Bertz CT molecular complexity index is 570. The van der Waals surface area contributed by atoms with Crippen LogP contribution in [0.25, 0.3) is 0 Å². The van der Waals surface area contributed by atoms with Gasteiger partial charge in [0.2, 0.25) is 0 Å². The molecule has 4 heteroatoms. The molecule has 0 aliphatic heterocycles. The first-order chi connectivity index (χ1) is 10.1. The van der Waals surface area contributed by atoms with Crippen molar-refractivity contribution in [2.45, 2.75) is 26.4 Å². The van der Waals surface area contributed by atoms with E-state index in [2.05, 4.69) is 16.9 Å². The number of pyridine rings is 1. The zero-order chi connectivity index (χ0) is 15.2. The third kappa shape index (κ3) is 4.38. The van der Waals surface area contributed by atoms with Gasteiger partial charge in [-0.1, -0.05) is 0 Å². The fourth-order valence-electron chi connectivity index (χ4n) is 2.09. The summed E-state index contributed by atoms with van der Waals surface area (Å²) in [7, 11) is 2.08. The lowest BCUT2D eigenvalue weighted by atomic mass is 10.2. The number of ether oxygens (including phenoxy) is 1. The van der Waals surface area contributed by atoms with Crippen LogP contribution in [-0.4, -0.2) is 24.7 Å². The van der Waals surface area contributed by atoms with Gasteiger partial charge in [-0.25, -0.2) is 0 Å². The quantitative estimate of drug-likeness (QED) is 0.828. The SMILES string of the molecule is CC(C)Oc1cc(N(C)CCc2ccncc2)ccc1N. The van der Waals surface area contributed by atoms with Crippen molar-refractivity contribution >= 4 is 11.4 Å². The highest BCUT2D eigenvalue weighted by atomic mass is 16.5. The summed E-state index contributed by atoms with van der Waals surface area (Å²) >= 11 is 0. The Balaban J connectivity index is 2.03. The first kappa shape index (κ1) is 15.2. The lowest BCUT2D eigenvalue weighted by Crippen LogP contribution is -2.20. The highest BCUT2D eigenvalue weighted by Gasteiger charge is 2.07. The second-order valence-electron chi connectivity index (χ2n) is 5.42. The van der Waals surface area contributed by atoms with Crippen molar-refractivity contribution in [2.24, 2.45) is 0 Å². The van der Waals surface area contributed by atoms with Gasteiger partial charge in [0, 0.05) is 37.7 Å². The summed E-state index contributed by atoms with van der Waals surface area (Å²) in [4.78, 5) is 6.24. The van der Waals surface area contributed by atoms with Gasteiger partial charge in [-0.05, 0) is 50.1 Å². The van der Waals surface area contributed by atoms with Gasteiger partial charge < -0.3 is 15.4 Å². The van der Waals surface area contributed by atoms with Crippen LogP contribution in [0, 0.1) is 0 Å². The Morgan fingerprint density at radius 3 is 2.57 bits per heavy atom. The van der Waals surface area contributed by atoms with Gasteiger partial charge in [-0.15, -0.1) is 0 Å². The lowest BCUT2D eigenvalue weighted by molar-refractivity contribution is 0.244. The van der Waals surface area contributed by atoms with E-state index >= 15 is 0 Å². The molecule has 2 aromatic rings. The van der Waals surface area contributed by atoms with Crippen LogP contribution in [0.1, 0.15) is 19.4 Å². The number of nitrogens with two attached hydrogens (primary N) is 1. The van der Waals surface area contributed by atoms with Gasteiger partial charge in [-0.3, -0.25) is 4.98 Å². The predicted molar refractivity (Wildman–Crippen MR) is 87.8 cm³/mol. The number of hydrogen-bond donors (Lipinski definition) is 1. The maximum Gasteiger partial charge on any atom is 0.144 e. The third-order valence-corrected chi connectivity index (χ3v) is 3.29. The summed E-state index contributed by atoms with van der Waals surface area (Å²) in [6, 6.07) is 10.0. The molecule has 0 amide bonds. The Hall–Kier alpha value is -2.23. The first-order valence-electron chi connectivity index (χ1n) is 7.22. The molecule has 1 heterocycles. The second-order valence-corrected chi connectivity index (χ2v) is 5.42. The maximum absolute atomic E-state index is 5.95. The van der Waals surface area contributed by atoms with Gasteiger partial charge in [0.05, 0.1) is 11.8 Å². The van der Waals surface area contributed by atoms with Crippen molar-refractivity contribution in [3.63, 3.8) is 0 Å². The van der Waals surface area contributed by atoms with Gasteiger partial charge in [-0.2, -0.15) is 0 Å². The van der Waals surface area contributed by atoms with Crippen LogP contribution >= 0.6 is 0 Å². The highest BCUT2D eigenvalue weighted by Crippen LogP contribution is 2.28. The minimum absolute atomic E-state index is 0.115. The van der Waals surface area contributed by atoms with Crippen LogP contribution in [-0.2, 0) is 6.42 Å². The van der Waals surface area contributed by atoms with Crippen LogP contribution in [0.5, 0.6) is 5.75 Å². The second kappa shape index (κ2) is 6.97. The monoisotopic (exact) mass is 285 g/mol. The molecule has 2 rings (SSSR count). The van der Waals surface area contributed by atoms with Crippen LogP contribution < -0.4 is 15.4 Å². The number of benzene rings is 1. The van der Waals surface area contributed by atoms with Gasteiger partial charge in [0.1, 0.15) is 5.75 Å². The maximum atomic E-state index is 5.95. The van der Waals surface area contributed by atoms with E-state index in [0.29, 0.717) is 5.69 Å². The molecule has 4 nitrogen and oxygen atoms in total. The largest absolute Gasteiger partial charge is 0.489 e. The smallest absolute Gasteiger partial charge is 0.144 e. The van der Waals surface area contributed by atoms with Crippen LogP contribution in [0.2, 0.25) is 0 Å². The molecular weight excluding hydrogens is 262 g/mol. The number of hydrogen-bond acceptors (Lipinski definition) is 4. The number of aromatic nitrogens is 1. The summed E-state index contributed by atoms with van der Waals surface area (Å²) in [5.74, 6) is 0.748. The van der Waals surface area contributed by atoms with Crippen molar-refractivity contribution in [3.05, 3.63) is 48.3 Å². The summed E-state index contributed by atoms with van der Waals surface area (Å²) in [6.07, 6.45) is 4.74. The molecule has 0 unspecified atom stereocenters. The van der Waals surface area contributed by atoms with E-state index in [0.717, 1.165) is 24.4 Å². The molecular formula is C17H23N3O. The zero-order valence-electron chi connectivity index (χ0n) is 12.9. The lowest BCUT2D eigenvalue weighted by Gasteiger charge is -2.21. The number of nitrogens with zero attached hydrogens (tertiary/aromatic N) is 2. The van der Waals surface area contributed by atoms with E-state index in [9.17, 15) is 0 Å². The first-order valence-corrected chi connectivity index (χ1v) is 7.22. The predicted octanol–water partition coefficient (Wildman–Crippen LogP) is 3.13. The zero-order valence-corrected chi connectivity index (χ0v) is 12.9. The van der Waals surface area contributed by atoms with Crippen LogP contribution in [0.3, 0.4) is 0 Å². The van der Waals surface area contributed by atoms with E-state index < -0.39 is 0 Å². The Kier molecular flexibility index (Phi) is 5.04.